The van der Waals surface area contributed by atoms with Gasteiger partial charge in [0, 0.05) is 12.1 Å². The number of nitrogens with zero attached hydrogens (tertiary/aromatic N) is 4. The van der Waals surface area contributed by atoms with Crippen LogP contribution in [0.25, 0.3) is 0 Å². The molecule has 0 aliphatic carbocycles. The lowest BCUT2D eigenvalue weighted by molar-refractivity contribution is -0.611. The third-order valence-electron chi connectivity index (χ3n) is 2.41. The number of azo groups is 1. The number of para-hydroxylation sites is 2. The standard InChI is InChI=1S/C9H10N4O7/c14-5-9(6-15,13(19)20)10-11(16)7-3-1-2-4-8(7)12(17)18/h1-4,14-15H,5-6H2. The maximum atomic E-state index is 11.7. The molecule has 2 N–H and O–H groups in total. The van der Waals surface area contributed by atoms with Crippen molar-refractivity contribution in [2.24, 2.45) is 5.11 Å². The molecule has 0 heterocycles. The molecule has 11 heteroatoms. The highest BCUT2D eigenvalue weighted by Gasteiger charge is 2.47. The second kappa shape index (κ2) is 5.99. The Bertz CT molecular complexity index is 555. The van der Waals surface area contributed by atoms with Crippen molar-refractivity contribution in [3.63, 3.8) is 0 Å². The quantitative estimate of drug-likeness (QED) is 0.325. The van der Waals surface area contributed by atoms with Crippen LogP contribution in [-0.4, -0.2) is 43.8 Å². The maximum absolute atomic E-state index is 11.7. The summed E-state index contributed by atoms with van der Waals surface area (Å²) in [5.41, 5.74) is -3.82. The molecule has 0 fully saturated rings. The molecular formula is C9H10N4O7. The molecule has 20 heavy (non-hydrogen) atoms. The molecule has 1 aromatic carbocycles. The summed E-state index contributed by atoms with van der Waals surface area (Å²) >= 11 is 0. The summed E-state index contributed by atoms with van der Waals surface area (Å²) in [6.07, 6.45) is 0. The molecule has 0 aliphatic heterocycles. The minimum absolute atomic E-state index is 0.354. The molecule has 0 amide bonds. The molecule has 0 saturated carbocycles. The molecule has 0 aromatic heterocycles. The number of rotatable bonds is 6. The van der Waals surface area contributed by atoms with E-state index in [0.29, 0.717) is 0 Å². The van der Waals surface area contributed by atoms with Crippen LogP contribution in [0.1, 0.15) is 0 Å². The lowest BCUT2D eigenvalue weighted by Gasteiger charge is -2.13. The zero-order chi connectivity index (χ0) is 15.3. The molecule has 1 rings (SSSR count). The third-order valence-corrected chi connectivity index (χ3v) is 2.41. The molecule has 0 bridgehead atoms. The molecular weight excluding hydrogens is 276 g/mol. The number of benzene rings is 1. The summed E-state index contributed by atoms with van der Waals surface area (Å²) in [6.45, 7) is -2.48. The van der Waals surface area contributed by atoms with Gasteiger partial charge in [0.1, 0.15) is 13.2 Å². The summed E-state index contributed by atoms with van der Waals surface area (Å²) in [4.78, 5) is 19.1. The second-order valence-corrected chi connectivity index (χ2v) is 3.67. The largest absolute Gasteiger partial charge is 0.594 e. The van der Waals surface area contributed by atoms with E-state index < -0.39 is 40.1 Å². The first-order valence-corrected chi connectivity index (χ1v) is 5.17. The van der Waals surface area contributed by atoms with Crippen molar-refractivity contribution in [1.82, 2.24) is 0 Å². The first kappa shape index (κ1) is 15.4. The molecule has 11 nitrogen and oxygen atoms in total. The van der Waals surface area contributed by atoms with Crippen LogP contribution < -0.4 is 0 Å². The van der Waals surface area contributed by atoms with Crippen LogP contribution in [0.5, 0.6) is 0 Å². The van der Waals surface area contributed by atoms with Gasteiger partial charge in [0.05, 0.1) is 15.0 Å². The smallest absolute Gasteiger partial charge is 0.412 e. The van der Waals surface area contributed by atoms with E-state index >= 15 is 0 Å². The summed E-state index contributed by atoms with van der Waals surface area (Å²) in [5, 5.41) is 54.1. The van der Waals surface area contributed by atoms with Crippen molar-refractivity contribution in [3.8, 4) is 0 Å². The SMILES string of the molecule is O=[N+]([O-])c1ccccc1[N+]([O-])=NC(CO)(CO)[N+](=O)[O-]. The Balaban J connectivity index is 3.36. The lowest BCUT2D eigenvalue weighted by atomic mass is 10.2. The fourth-order valence-corrected chi connectivity index (χ4v) is 1.27. The van der Waals surface area contributed by atoms with Crippen LogP contribution in [0.2, 0.25) is 0 Å². The van der Waals surface area contributed by atoms with Gasteiger partial charge in [0.15, 0.2) is 0 Å². The van der Waals surface area contributed by atoms with Gasteiger partial charge >= 0.3 is 17.0 Å². The highest BCUT2D eigenvalue weighted by molar-refractivity contribution is 5.51. The van der Waals surface area contributed by atoms with Crippen molar-refractivity contribution in [2.75, 3.05) is 13.2 Å². The van der Waals surface area contributed by atoms with Crippen molar-refractivity contribution in [1.29, 1.82) is 0 Å². The highest BCUT2D eigenvalue weighted by atomic mass is 16.6. The molecule has 0 atom stereocenters. The molecule has 0 spiro atoms. The predicted octanol–water partition coefficient (Wildman–Crippen LogP) is 0.146. The number of hydrogen-bond acceptors (Lipinski definition) is 8. The Kier molecular flexibility index (Phi) is 4.61. The minimum Gasteiger partial charge on any atom is -0.594 e. The van der Waals surface area contributed by atoms with Gasteiger partial charge in [-0.25, -0.2) is 0 Å². The minimum atomic E-state index is -2.66. The van der Waals surface area contributed by atoms with Crippen molar-refractivity contribution < 1.29 is 24.9 Å². The molecule has 1 aromatic rings. The number of aliphatic hydroxyl groups excluding tert-OH is 2. The van der Waals surface area contributed by atoms with E-state index in [-0.39, 0.29) is 4.86 Å². The fraction of sp³-hybridized carbons (Fsp3) is 0.333. The lowest BCUT2D eigenvalue weighted by Crippen LogP contribution is -2.44. The van der Waals surface area contributed by atoms with Gasteiger partial charge in [-0.15, -0.1) is 0 Å². The Labute approximate surface area is 111 Å². The summed E-state index contributed by atoms with van der Waals surface area (Å²) in [7, 11) is 0. The van der Waals surface area contributed by atoms with Gasteiger partial charge in [0.2, 0.25) is 0 Å². The van der Waals surface area contributed by atoms with Crippen LogP contribution >= 0.6 is 0 Å². The Morgan fingerprint density at radius 3 is 1.95 bits per heavy atom. The highest BCUT2D eigenvalue weighted by Crippen LogP contribution is 2.27. The monoisotopic (exact) mass is 286 g/mol. The van der Waals surface area contributed by atoms with Gasteiger partial charge in [-0.3, -0.25) is 20.2 Å². The third kappa shape index (κ3) is 2.84. The predicted molar refractivity (Wildman–Crippen MR) is 62.7 cm³/mol. The summed E-state index contributed by atoms with van der Waals surface area (Å²) in [6, 6.07) is 4.65. The molecule has 0 aliphatic rings. The Hall–Kier alpha value is -2.66. The molecule has 0 radical (unpaired) electrons. The van der Waals surface area contributed by atoms with E-state index in [1.165, 1.54) is 12.1 Å². The van der Waals surface area contributed by atoms with Crippen molar-refractivity contribution in [2.45, 2.75) is 5.66 Å². The van der Waals surface area contributed by atoms with E-state index in [4.69, 9.17) is 10.2 Å². The topological polar surface area (TPSA) is 165 Å². The van der Waals surface area contributed by atoms with Gasteiger partial charge in [0.25, 0.3) is 0 Å². The first-order valence-electron chi connectivity index (χ1n) is 5.17. The Morgan fingerprint density at radius 1 is 1.05 bits per heavy atom. The second-order valence-electron chi connectivity index (χ2n) is 3.67. The maximum Gasteiger partial charge on any atom is 0.412 e. The van der Waals surface area contributed by atoms with Crippen molar-refractivity contribution in [3.05, 3.63) is 49.7 Å². The number of hydrogen-bond donors (Lipinski definition) is 2. The average molecular weight is 286 g/mol. The molecule has 108 valence electrons. The van der Waals surface area contributed by atoms with Gasteiger partial charge in [-0.2, -0.15) is 0 Å². The van der Waals surface area contributed by atoms with E-state index in [1.54, 1.807) is 0 Å². The van der Waals surface area contributed by atoms with Crippen LogP contribution in [0.15, 0.2) is 29.4 Å². The van der Waals surface area contributed by atoms with Crippen LogP contribution in [-0.2, 0) is 0 Å². The van der Waals surface area contributed by atoms with Crippen molar-refractivity contribution >= 4 is 11.4 Å². The Morgan fingerprint density at radius 2 is 1.55 bits per heavy atom. The van der Waals surface area contributed by atoms with Crippen LogP contribution in [0.4, 0.5) is 11.4 Å². The van der Waals surface area contributed by atoms with E-state index in [9.17, 15) is 25.4 Å². The number of nitro groups is 2. The molecule has 0 unspecified atom stereocenters. The zero-order valence-corrected chi connectivity index (χ0v) is 9.95. The normalized spacial score (nSPS) is 12.2. The van der Waals surface area contributed by atoms with E-state index in [0.717, 1.165) is 12.1 Å². The number of aliphatic hydroxyl groups is 2. The fourth-order valence-electron chi connectivity index (χ4n) is 1.27. The average Bonchev–Trinajstić information content (AvgIpc) is 2.44. The van der Waals surface area contributed by atoms with Crippen LogP contribution in [0, 0.1) is 25.4 Å². The number of nitro benzene ring substituents is 1. The summed E-state index contributed by atoms with van der Waals surface area (Å²) < 4.78 is 0. The van der Waals surface area contributed by atoms with Gasteiger partial charge in [-0.1, -0.05) is 12.1 Å². The zero-order valence-electron chi connectivity index (χ0n) is 9.95. The van der Waals surface area contributed by atoms with Gasteiger partial charge in [-0.05, 0) is 4.86 Å². The van der Waals surface area contributed by atoms with E-state index in [1.807, 2.05) is 0 Å². The summed E-state index contributed by atoms with van der Waals surface area (Å²) in [5.74, 6) is 0. The van der Waals surface area contributed by atoms with Gasteiger partial charge < -0.3 is 15.4 Å². The molecule has 0 saturated heterocycles. The first-order chi connectivity index (χ1) is 9.38. The van der Waals surface area contributed by atoms with Crippen LogP contribution in [0.3, 0.4) is 0 Å². The van der Waals surface area contributed by atoms with E-state index in [2.05, 4.69) is 5.11 Å².